The number of nitrogens with zero attached hydrogens (tertiary/aromatic N) is 1. The maximum absolute atomic E-state index is 6.08. The summed E-state index contributed by atoms with van der Waals surface area (Å²) in [5.74, 6) is 0. The van der Waals surface area contributed by atoms with Gasteiger partial charge in [0, 0.05) is 15.6 Å². The van der Waals surface area contributed by atoms with Crippen LogP contribution in [0.3, 0.4) is 0 Å². The van der Waals surface area contributed by atoms with Gasteiger partial charge in [-0.1, -0.05) is 29.6 Å². The molecular formula is C13H17Cl2N. The largest absolute Gasteiger partial charge is 0.297 e. The summed E-state index contributed by atoms with van der Waals surface area (Å²) in [6, 6.07) is 5.86. The molecule has 88 valence electrons. The number of piperidine rings is 1. The molecule has 0 bridgehead atoms. The van der Waals surface area contributed by atoms with Crippen LogP contribution in [0.25, 0.3) is 0 Å². The van der Waals surface area contributed by atoms with Crippen LogP contribution in [0.15, 0.2) is 18.2 Å². The van der Waals surface area contributed by atoms with Crippen LogP contribution in [-0.2, 0) is 5.54 Å². The molecule has 0 N–H and O–H groups in total. The molecule has 2 rings (SSSR count). The zero-order chi connectivity index (χ0) is 11.8. The average Bonchev–Trinajstić information content (AvgIpc) is 2.21. The summed E-state index contributed by atoms with van der Waals surface area (Å²) in [7, 11) is 2.17. The minimum absolute atomic E-state index is 0.0762. The van der Waals surface area contributed by atoms with Crippen LogP contribution in [0, 0.1) is 0 Å². The number of likely N-dealkylation sites (tertiary alicyclic amines) is 1. The molecule has 0 radical (unpaired) electrons. The summed E-state index contributed by atoms with van der Waals surface area (Å²) in [5.41, 5.74) is 1.31. The minimum atomic E-state index is 0.0762. The molecular weight excluding hydrogens is 241 g/mol. The number of rotatable bonds is 1. The van der Waals surface area contributed by atoms with Crippen molar-refractivity contribution in [1.82, 2.24) is 4.90 Å². The fourth-order valence-electron chi connectivity index (χ4n) is 2.49. The predicted octanol–water partition coefficient (Wildman–Crippen LogP) is 4.32. The highest BCUT2D eigenvalue weighted by atomic mass is 35.5. The van der Waals surface area contributed by atoms with E-state index in [1.807, 2.05) is 12.1 Å². The Bertz CT molecular complexity index is 371. The molecule has 1 atom stereocenters. The number of hydrogen-bond donors (Lipinski definition) is 0. The normalized spacial score (nSPS) is 27.0. The first-order chi connectivity index (χ1) is 7.52. The lowest BCUT2D eigenvalue weighted by molar-refractivity contribution is 0.0886. The molecule has 0 aliphatic carbocycles. The van der Waals surface area contributed by atoms with E-state index in [0.29, 0.717) is 0 Å². The maximum atomic E-state index is 6.08. The summed E-state index contributed by atoms with van der Waals surface area (Å²) < 4.78 is 0. The number of benzene rings is 1. The first-order valence-corrected chi connectivity index (χ1v) is 6.46. The second-order valence-electron chi connectivity index (χ2n) is 4.81. The molecule has 1 aromatic rings. The first kappa shape index (κ1) is 12.2. The van der Waals surface area contributed by atoms with Crippen LogP contribution in [-0.4, -0.2) is 18.5 Å². The summed E-state index contributed by atoms with van der Waals surface area (Å²) >= 11 is 12.2. The summed E-state index contributed by atoms with van der Waals surface area (Å²) in [4.78, 5) is 2.40. The molecule has 3 heteroatoms. The third-order valence-electron chi connectivity index (χ3n) is 3.73. The third kappa shape index (κ3) is 2.22. The van der Waals surface area contributed by atoms with Gasteiger partial charge in [-0.2, -0.15) is 0 Å². The monoisotopic (exact) mass is 257 g/mol. The van der Waals surface area contributed by atoms with Gasteiger partial charge >= 0.3 is 0 Å². The fraction of sp³-hybridized carbons (Fsp3) is 0.538. The van der Waals surface area contributed by atoms with Gasteiger partial charge in [-0.15, -0.1) is 0 Å². The molecule has 1 saturated heterocycles. The third-order valence-corrected chi connectivity index (χ3v) is 4.17. The van der Waals surface area contributed by atoms with Gasteiger partial charge in [0.05, 0.1) is 0 Å². The Morgan fingerprint density at radius 3 is 2.31 bits per heavy atom. The van der Waals surface area contributed by atoms with Crippen molar-refractivity contribution < 1.29 is 0 Å². The lowest BCUT2D eigenvalue weighted by Crippen LogP contribution is -2.44. The molecule has 1 fully saturated rings. The van der Waals surface area contributed by atoms with Gasteiger partial charge in [-0.3, -0.25) is 4.90 Å². The van der Waals surface area contributed by atoms with E-state index in [1.54, 1.807) is 6.07 Å². The second kappa shape index (κ2) is 4.56. The van der Waals surface area contributed by atoms with Gasteiger partial charge in [0.2, 0.25) is 0 Å². The van der Waals surface area contributed by atoms with E-state index < -0.39 is 0 Å². The van der Waals surface area contributed by atoms with E-state index >= 15 is 0 Å². The maximum Gasteiger partial charge on any atom is 0.0430 e. The van der Waals surface area contributed by atoms with Crippen LogP contribution in [0.4, 0.5) is 0 Å². The highest BCUT2D eigenvalue weighted by Crippen LogP contribution is 2.38. The Hall–Kier alpha value is -0.240. The molecule has 0 saturated carbocycles. The highest BCUT2D eigenvalue weighted by molar-refractivity contribution is 6.34. The van der Waals surface area contributed by atoms with Crippen molar-refractivity contribution in [1.29, 1.82) is 0 Å². The van der Waals surface area contributed by atoms with Crippen LogP contribution in [0.5, 0.6) is 0 Å². The average molecular weight is 258 g/mol. The Balaban J connectivity index is 2.40. The van der Waals surface area contributed by atoms with Crippen molar-refractivity contribution in [3.05, 3.63) is 33.8 Å². The van der Waals surface area contributed by atoms with Gasteiger partial charge in [0.1, 0.15) is 0 Å². The van der Waals surface area contributed by atoms with Gasteiger partial charge in [0.25, 0.3) is 0 Å². The summed E-state index contributed by atoms with van der Waals surface area (Å²) in [6.45, 7) is 3.41. The summed E-state index contributed by atoms with van der Waals surface area (Å²) in [5, 5.41) is 1.45. The molecule has 1 aromatic carbocycles. The molecule has 1 aliphatic rings. The van der Waals surface area contributed by atoms with E-state index in [-0.39, 0.29) is 5.54 Å². The Labute approximate surface area is 107 Å². The van der Waals surface area contributed by atoms with Crippen LogP contribution in [0.2, 0.25) is 10.0 Å². The predicted molar refractivity (Wildman–Crippen MR) is 70.3 cm³/mol. The minimum Gasteiger partial charge on any atom is -0.297 e. The Morgan fingerprint density at radius 2 is 1.75 bits per heavy atom. The van der Waals surface area contributed by atoms with Crippen molar-refractivity contribution in [2.24, 2.45) is 0 Å². The molecule has 16 heavy (non-hydrogen) atoms. The fourth-order valence-corrected chi connectivity index (χ4v) is 3.01. The van der Waals surface area contributed by atoms with Crippen LogP contribution < -0.4 is 0 Å². The lowest BCUT2D eigenvalue weighted by atomic mass is 9.82. The molecule has 1 heterocycles. The van der Waals surface area contributed by atoms with E-state index in [1.165, 1.54) is 24.8 Å². The standard InChI is InChI=1S/C13H17Cl2N/c1-13(5-3-4-6-16(13)2)10-7-11(14)9-12(15)8-10/h7-9H,3-6H2,1-2H3. The molecule has 0 amide bonds. The van der Waals surface area contributed by atoms with Gasteiger partial charge in [-0.25, -0.2) is 0 Å². The van der Waals surface area contributed by atoms with Crippen molar-refractivity contribution in [3.8, 4) is 0 Å². The SMILES string of the molecule is CN1CCCCC1(C)c1cc(Cl)cc(Cl)c1. The van der Waals surface area contributed by atoms with E-state index in [2.05, 4.69) is 18.9 Å². The number of hydrogen-bond acceptors (Lipinski definition) is 1. The summed E-state index contributed by atoms with van der Waals surface area (Å²) in [6.07, 6.45) is 3.71. The zero-order valence-corrected chi connectivity index (χ0v) is 11.3. The van der Waals surface area contributed by atoms with E-state index in [4.69, 9.17) is 23.2 Å². The second-order valence-corrected chi connectivity index (χ2v) is 5.68. The molecule has 0 aromatic heterocycles. The van der Waals surface area contributed by atoms with E-state index in [9.17, 15) is 0 Å². The zero-order valence-electron chi connectivity index (χ0n) is 9.76. The Kier molecular flexibility index (Phi) is 3.48. The lowest BCUT2D eigenvalue weighted by Gasteiger charge is -2.43. The van der Waals surface area contributed by atoms with Gasteiger partial charge in [-0.05, 0) is 57.1 Å². The quantitative estimate of drug-likeness (QED) is 0.724. The molecule has 0 spiro atoms. The van der Waals surface area contributed by atoms with Crippen molar-refractivity contribution in [2.75, 3.05) is 13.6 Å². The molecule has 1 unspecified atom stereocenters. The van der Waals surface area contributed by atoms with Crippen molar-refractivity contribution in [2.45, 2.75) is 31.7 Å². The number of halogens is 2. The molecule has 1 nitrogen and oxygen atoms in total. The smallest absolute Gasteiger partial charge is 0.0430 e. The van der Waals surface area contributed by atoms with Gasteiger partial charge < -0.3 is 0 Å². The topological polar surface area (TPSA) is 3.24 Å². The van der Waals surface area contributed by atoms with Crippen LogP contribution in [0.1, 0.15) is 31.7 Å². The first-order valence-electron chi connectivity index (χ1n) is 5.70. The Morgan fingerprint density at radius 1 is 1.12 bits per heavy atom. The van der Waals surface area contributed by atoms with Gasteiger partial charge in [0.15, 0.2) is 0 Å². The van der Waals surface area contributed by atoms with Crippen molar-refractivity contribution >= 4 is 23.2 Å². The highest BCUT2D eigenvalue weighted by Gasteiger charge is 2.33. The van der Waals surface area contributed by atoms with Crippen LogP contribution >= 0.6 is 23.2 Å². The molecule has 1 aliphatic heterocycles. The van der Waals surface area contributed by atoms with Crippen molar-refractivity contribution in [3.63, 3.8) is 0 Å². The van der Waals surface area contributed by atoms with E-state index in [0.717, 1.165) is 16.6 Å².